The first-order valence-corrected chi connectivity index (χ1v) is 4.25. The maximum Gasteiger partial charge on any atom is 0.223 e. The van der Waals surface area contributed by atoms with Gasteiger partial charge in [0.05, 0.1) is 0 Å². The van der Waals surface area contributed by atoms with Crippen LogP contribution in [0.5, 0.6) is 0 Å². The minimum Gasteiger partial charge on any atom is -0.339 e. The molecule has 1 amide bonds. The minimum absolute atomic E-state index is 0.331. The van der Waals surface area contributed by atoms with Crippen molar-refractivity contribution in [3.63, 3.8) is 0 Å². The first kappa shape index (κ1) is 6.89. The summed E-state index contributed by atoms with van der Waals surface area (Å²) in [5.41, 5.74) is 0. The van der Waals surface area contributed by atoms with E-state index in [1.807, 2.05) is 11.0 Å². The van der Waals surface area contributed by atoms with Crippen molar-refractivity contribution in [3.8, 4) is 0 Å². The Bertz CT molecular complexity index is 200. The lowest BCUT2D eigenvalue weighted by Crippen LogP contribution is -2.28. The van der Waals surface area contributed by atoms with Gasteiger partial charge in [0.25, 0.3) is 0 Å². The molecule has 2 fully saturated rings. The molecule has 11 heavy (non-hydrogen) atoms. The van der Waals surface area contributed by atoms with Gasteiger partial charge in [0.2, 0.25) is 5.91 Å². The highest BCUT2D eigenvalue weighted by atomic mass is 16.2. The van der Waals surface area contributed by atoms with Crippen molar-refractivity contribution in [3.05, 3.63) is 12.7 Å². The number of hydrogen-bond donors (Lipinski definition) is 0. The second-order valence-electron chi connectivity index (χ2n) is 3.40. The minimum atomic E-state index is 0.331. The van der Waals surface area contributed by atoms with E-state index in [-0.39, 0.29) is 0 Å². The summed E-state index contributed by atoms with van der Waals surface area (Å²) in [7, 11) is 0. The van der Waals surface area contributed by atoms with E-state index in [9.17, 15) is 4.79 Å². The molecule has 0 spiro atoms. The third-order valence-corrected chi connectivity index (χ3v) is 2.83. The van der Waals surface area contributed by atoms with Gasteiger partial charge >= 0.3 is 0 Å². The highest BCUT2D eigenvalue weighted by Crippen LogP contribution is 2.33. The summed E-state index contributed by atoms with van der Waals surface area (Å²) in [6.45, 7) is 4.74. The second-order valence-corrected chi connectivity index (χ2v) is 3.40. The second kappa shape index (κ2) is 2.36. The number of amides is 1. The van der Waals surface area contributed by atoms with Crippen LogP contribution in [-0.4, -0.2) is 23.4 Å². The molecule has 0 N–H and O–H groups in total. The summed E-state index contributed by atoms with van der Waals surface area (Å²) in [5, 5.41) is 0. The van der Waals surface area contributed by atoms with Crippen LogP contribution in [0.25, 0.3) is 0 Å². The molecule has 2 nitrogen and oxygen atoms in total. The van der Waals surface area contributed by atoms with Crippen LogP contribution in [0.3, 0.4) is 0 Å². The van der Waals surface area contributed by atoms with E-state index in [0.29, 0.717) is 24.3 Å². The Kier molecular flexibility index (Phi) is 1.48. The first-order valence-electron chi connectivity index (χ1n) is 4.25. The van der Waals surface area contributed by atoms with Gasteiger partial charge in [-0.1, -0.05) is 6.08 Å². The van der Waals surface area contributed by atoms with E-state index >= 15 is 0 Å². The fourth-order valence-corrected chi connectivity index (χ4v) is 2.24. The average Bonchev–Trinajstić information content (AvgIpc) is 2.54. The van der Waals surface area contributed by atoms with Crippen LogP contribution in [0.15, 0.2) is 12.7 Å². The van der Waals surface area contributed by atoms with Gasteiger partial charge in [-0.25, -0.2) is 0 Å². The molecule has 2 heteroatoms. The summed E-state index contributed by atoms with van der Waals surface area (Å²) >= 11 is 0. The molecular weight excluding hydrogens is 138 g/mol. The van der Waals surface area contributed by atoms with Gasteiger partial charge in [-0.3, -0.25) is 4.79 Å². The molecule has 0 aromatic rings. The van der Waals surface area contributed by atoms with Gasteiger partial charge in [0.1, 0.15) is 0 Å². The van der Waals surface area contributed by atoms with Crippen molar-refractivity contribution in [1.29, 1.82) is 0 Å². The average molecular weight is 151 g/mol. The van der Waals surface area contributed by atoms with E-state index in [1.54, 1.807) is 0 Å². The first-order chi connectivity index (χ1) is 5.33. The van der Waals surface area contributed by atoms with E-state index in [1.165, 1.54) is 12.8 Å². The summed E-state index contributed by atoms with van der Waals surface area (Å²) in [4.78, 5) is 13.3. The highest BCUT2D eigenvalue weighted by molar-refractivity contribution is 5.80. The van der Waals surface area contributed by atoms with Crippen LogP contribution in [-0.2, 0) is 4.79 Å². The fraction of sp³-hybridized carbons (Fsp3) is 0.667. The fourth-order valence-electron chi connectivity index (χ4n) is 2.24. The number of nitrogens with zero attached hydrogens (tertiary/aromatic N) is 1. The van der Waals surface area contributed by atoms with Crippen LogP contribution in [0.4, 0.5) is 0 Å². The zero-order chi connectivity index (χ0) is 7.84. The molecule has 2 heterocycles. The molecule has 0 unspecified atom stereocenters. The van der Waals surface area contributed by atoms with Gasteiger partial charge in [-0.2, -0.15) is 0 Å². The Balaban J connectivity index is 2.19. The molecule has 2 saturated heterocycles. The van der Waals surface area contributed by atoms with Crippen molar-refractivity contribution in [1.82, 2.24) is 4.90 Å². The molecule has 0 aromatic carbocycles. The Morgan fingerprint density at radius 3 is 3.18 bits per heavy atom. The Morgan fingerprint density at radius 1 is 1.64 bits per heavy atom. The molecule has 0 radical (unpaired) electrons. The van der Waals surface area contributed by atoms with Crippen molar-refractivity contribution in [2.24, 2.45) is 5.92 Å². The number of rotatable bonds is 1. The summed E-state index contributed by atoms with van der Waals surface area (Å²) in [5.74, 6) is 0.766. The Morgan fingerprint density at radius 2 is 2.45 bits per heavy atom. The van der Waals surface area contributed by atoms with Crippen molar-refractivity contribution >= 4 is 5.91 Å². The number of hydrogen-bond acceptors (Lipinski definition) is 1. The number of carbonyl (C=O) groups is 1. The molecule has 0 bridgehead atoms. The van der Waals surface area contributed by atoms with E-state index in [2.05, 4.69) is 6.58 Å². The molecule has 60 valence electrons. The third-order valence-electron chi connectivity index (χ3n) is 2.83. The summed E-state index contributed by atoms with van der Waals surface area (Å²) in [6, 6.07) is 0.500. The smallest absolute Gasteiger partial charge is 0.223 e. The predicted molar refractivity (Wildman–Crippen MR) is 43.0 cm³/mol. The third kappa shape index (κ3) is 0.889. The summed E-state index contributed by atoms with van der Waals surface area (Å²) in [6.07, 6.45) is 5.01. The number of carbonyl (C=O) groups excluding carboxylic acids is 1. The van der Waals surface area contributed by atoms with Gasteiger partial charge in [0, 0.05) is 24.9 Å². The quantitative estimate of drug-likeness (QED) is 0.515. The standard InChI is InChI=1S/C9H13NO/c1-2-7-6-9(11)10-5-3-4-8(7)10/h2,7-8H,1,3-6H2/t7-,8-/m0/s1. The molecule has 0 aliphatic carbocycles. The van der Waals surface area contributed by atoms with E-state index in [0.717, 1.165) is 6.54 Å². The largest absolute Gasteiger partial charge is 0.339 e. The molecule has 2 aliphatic heterocycles. The van der Waals surface area contributed by atoms with Gasteiger partial charge < -0.3 is 4.90 Å². The van der Waals surface area contributed by atoms with Crippen molar-refractivity contribution in [2.75, 3.05) is 6.54 Å². The molecule has 0 aromatic heterocycles. The highest BCUT2D eigenvalue weighted by Gasteiger charge is 2.40. The molecular formula is C9H13NO. The molecule has 0 saturated carbocycles. The zero-order valence-electron chi connectivity index (χ0n) is 6.62. The number of fused-ring (bicyclic) bond motifs is 1. The maximum absolute atomic E-state index is 11.3. The maximum atomic E-state index is 11.3. The molecule has 2 rings (SSSR count). The normalized spacial score (nSPS) is 36.0. The lowest BCUT2D eigenvalue weighted by atomic mass is 9.99. The molecule has 2 atom stereocenters. The monoisotopic (exact) mass is 151 g/mol. The van der Waals surface area contributed by atoms with Crippen molar-refractivity contribution in [2.45, 2.75) is 25.3 Å². The summed E-state index contributed by atoms with van der Waals surface area (Å²) < 4.78 is 0. The zero-order valence-corrected chi connectivity index (χ0v) is 6.62. The van der Waals surface area contributed by atoms with Crippen molar-refractivity contribution < 1.29 is 4.79 Å². The van der Waals surface area contributed by atoms with Gasteiger partial charge in [-0.05, 0) is 12.8 Å². The molecule has 2 aliphatic rings. The Hall–Kier alpha value is -0.790. The lowest BCUT2D eigenvalue weighted by Gasteiger charge is -2.17. The van der Waals surface area contributed by atoms with Crippen LogP contribution >= 0.6 is 0 Å². The van der Waals surface area contributed by atoms with Crippen LogP contribution in [0, 0.1) is 5.92 Å². The SMILES string of the molecule is C=C[C@H]1CC(=O)N2CCC[C@@H]12. The van der Waals surface area contributed by atoms with Crippen LogP contribution in [0.1, 0.15) is 19.3 Å². The van der Waals surface area contributed by atoms with Crippen LogP contribution in [0.2, 0.25) is 0 Å². The van der Waals surface area contributed by atoms with E-state index in [4.69, 9.17) is 0 Å². The van der Waals surface area contributed by atoms with Gasteiger partial charge in [-0.15, -0.1) is 6.58 Å². The van der Waals surface area contributed by atoms with E-state index < -0.39 is 0 Å². The topological polar surface area (TPSA) is 20.3 Å². The lowest BCUT2D eigenvalue weighted by molar-refractivity contribution is -0.127. The Labute approximate surface area is 66.9 Å². The van der Waals surface area contributed by atoms with Gasteiger partial charge in [0.15, 0.2) is 0 Å². The van der Waals surface area contributed by atoms with Crippen LogP contribution < -0.4 is 0 Å². The predicted octanol–water partition coefficient (Wildman–Crippen LogP) is 1.18.